The second-order valence-corrected chi connectivity index (χ2v) is 8.93. The van der Waals surface area contributed by atoms with E-state index in [0.29, 0.717) is 18.8 Å². The minimum Gasteiger partial charge on any atom is -0.496 e. The molecule has 1 aliphatic rings. The van der Waals surface area contributed by atoms with Gasteiger partial charge < -0.3 is 9.47 Å². The summed E-state index contributed by atoms with van der Waals surface area (Å²) in [5, 5.41) is 11.0. The van der Waals surface area contributed by atoms with Gasteiger partial charge in [-0.15, -0.1) is 0 Å². The Balaban J connectivity index is 1.82. The lowest BCUT2D eigenvalue weighted by Gasteiger charge is -2.16. The molecule has 160 valence electrons. The highest BCUT2D eigenvalue weighted by molar-refractivity contribution is 7.89. The third-order valence-corrected chi connectivity index (χ3v) is 6.92. The van der Waals surface area contributed by atoms with E-state index in [2.05, 4.69) is 0 Å². The van der Waals surface area contributed by atoms with Crippen molar-refractivity contribution in [2.24, 2.45) is 0 Å². The number of ether oxygens (including phenoxy) is 2. The molecule has 2 aromatic carbocycles. The number of benzene rings is 2. The number of methoxy groups -OCH3 is 1. The minimum absolute atomic E-state index is 0.0337. The van der Waals surface area contributed by atoms with Crippen molar-refractivity contribution in [2.45, 2.75) is 24.3 Å². The fraction of sp³-hybridized carbons (Fsp3) is 0.316. The highest BCUT2D eigenvalue weighted by Gasteiger charge is 2.28. The average Bonchev–Trinajstić information content (AvgIpc) is 3.27. The number of non-ortho nitro benzene ring substituents is 1. The van der Waals surface area contributed by atoms with Gasteiger partial charge in [-0.05, 0) is 37.1 Å². The lowest BCUT2D eigenvalue weighted by molar-refractivity contribution is -0.385. The molecule has 11 heteroatoms. The Hall–Kier alpha value is -2.69. The summed E-state index contributed by atoms with van der Waals surface area (Å²) in [5.74, 6) is -0.545. The summed E-state index contributed by atoms with van der Waals surface area (Å²) >= 11 is 6.08. The van der Waals surface area contributed by atoms with Crippen molar-refractivity contribution in [1.29, 1.82) is 0 Å². The molecule has 0 spiro atoms. The number of nitrogens with zero attached hydrogens (tertiary/aromatic N) is 2. The van der Waals surface area contributed by atoms with E-state index < -0.39 is 20.9 Å². The van der Waals surface area contributed by atoms with Crippen LogP contribution in [0, 0.1) is 10.1 Å². The molecule has 0 saturated carbocycles. The smallest absolute Gasteiger partial charge is 0.340 e. The van der Waals surface area contributed by atoms with Crippen molar-refractivity contribution >= 4 is 33.3 Å². The molecule has 3 rings (SSSR count). The monoisotopic (exact) mass is 454 g/mol. The van der Waals surface area contributed by atoms with Crippen LogP contribution in [0.2, 0.25) is 5.02 Å². The van der Waals surface area contributed by atoms with Crippen molar-refractivity contribution in [3.8, 4) is 5.75 Å². The van der Waals surface area contributed by atoms with Gasteiger partial charge in [-0.3, -0.25) is 10.1 Å². The summed E-state index contributed by atoms with van der Waals surface area (Å²) < 4.78 is 37.2. The van der Waals surface area contributed by atoms with E-state index in [1.807, 2.05) is 0 Å². The van der Waals surface area contributed by atoms with Gasteiger partial charge in [0.15, 0.2) is 0 Å². The van der Waals surface area contributed by atoms with E-state index in [1.165, 1.54) is 47.8 Å². The summed E-state index contributed by atoms with van der Waals surface area (Å²) in [5.41, 5.74) is -0.00284. The zero-order chi connectivity index (χ0) is 21.9. The molecule has 2 aromatic rings. The highest BCUT2D eigenvalue weighted by atomic mass is 35.5. The quantitative estimate of drug-likeness (QED) is 0.357. The van der Waals surface area contributed by atoms with Crippen LogP contribution in [-0.4, -0.2) is 43.8 Å². The van der Waals surface area contributed by atoms with E-state index in [9.17, 15) is 23.3 Å². The van der Waals surface area contributed by atoms with Crippen LogP contribution in [0.5, 0.6) is 5.75 Å². The Kier molecular flexibility index (Phi) is 6.59. The van der Waals surface area contributed by atoms with Crippen LogP contribution in [-0.2, 0) is 21.4 Å². The number of rotatable bonds is 7. The van der Waals surface area contributed by atoms with Crippen LogP contribution in [0.25, 0.3) is 0 Å². The SMILES string of the molecule is COc1ccc([N+](=O)[O-])cc1COC(=O)c1cc(S(=O)(=O)N2CCCC2)ccc1Cl. The maximum atomic E-state index is 12.7. The van der Waals surface area contributed by atoms with Crippen molar-refractivity contribution in [2.75, 3.05) is 20.2 Å². The zero-order valence-electron chi connectivity index (χ0n) is 16.0. The molecule has 0 amide bonds. The molecule has 1 saturated heterocycles. The number of esters is 1. The molecule has 0 unspecified atom stereocenters. The van der Waals surface area contributed by atoms with Crippen molar-refractivity contribution in [3.05, 3.63) is 62.7 Å². The second kappa shape index (κ2) is 8.99. The Bertz CT molecular complexity index is 1080. The van der Waals surface area contributed by atoms with Gasteiger partial charge in [-0.1, -0.05) is 11.6 Å². The molecule has 1 aliphatic heterocycles. The molecule has 0 aliphatic carbocycles. The second-order valence-electron chi connectivity index (χ2n) is 6.58. The van der Waals surface area contributed by atoms with Crippen molar-refractivity contribution in [3.63, 3.8) is 0 Å². The standard InChI is InChI=1S/C19H19ClN2O7S/c1-28-18-7-4-14(22(24)25)10-13(18)12-29-19(23)16-11-15(5-6-17(16)20)30(26,27)21-8-2-3-9-21/h4-7,10-11H,2-3,8-9,12H2,1H3. The molecular weight excluding hydrogens is 436 g/mol. The Morgan fingerprint density at radius 2 is 1.90 bits per heavy atom. The number of carbonyl (C=O) groups excluding carboxylic acids is 1. The van der Waals surface area contributed by atoms with Gasteiger partial charge in [-0.25, -0.2) is 13.2 Å². The number of halogens is 1. The van der Waals surface area contributed by atoms with E-state index in [4.69, 9.17) is 21.1 Å². The van der Waals surface area contributed by atoms with Gasteiger partial charge in [0.2, 0.25) is 10.0 Å². The molecule has 0 bridgehead atoms. The molecule has 1 heterocycles. The number of nitro benzene ring substituents is 1. The van der Waals surface area contributed by atoms with Crippen LogP contribution < -0.4 is 4.74 Å². The van der Waals surface area contributed by atoms with Crippen molar-refractivity contribution < 1.29 is 27.6 Å². The zero-order valence-corrected chi connectivity index (χ0v) is 17.6. The topological polar surface area (TPSA) is 116 Å². The maximum absolute atomic E-state index is 12.7. The first-order valence-electron chi connectivity index (χ1n) is 9.02. The lowest BCUT2D eigenvalue weighted by Crippen LogP contribution is -2.28. The predicted octanol–water partition coefficient (Wildman–Crippen LogP) is 3.40. The summed E-state index contributed by atoms with van der Waals surface area (Å²) in [4.78, 5) is 22.9. The number of hydrogen-bond donors (Lipinski definition) is 0. The van der Waals surface area contributed by atoms with Crippen LogP contribution in [0.15, 0.2) is 41.3 Å². The third-order valence-electron chi connectivity index (χ3n) is 4.69. The van der Waals surface area contributed by atoms with Crippen LogP contribution >= 0.6 is 11.6 Å². The molecule has 0 aromatic heterocycles. The molecule has 9 nitrogen and oxygen atoms in total. The number of sulfonamides is 1. The fourth-order valence-corrected chi connectivity index (χ4v) is 4.85. The number of hydrogen-bond acceptors (Lipinski definition) is 7. The summed E-state index contributed by atoms with van der Waals surface area (Å²) in [6.07, 6.45) is 1.57. The van der Waals surface area contributed by atoms with Crippen LogP contribution in [0.1, 0.15) is 28.8 Å². The molecule has 0 N–H and O–H groups in total. The Morgan fingerprint density at radius 1 is 1.20 bits per heavy atom. The van der Waals surface area contributed by atoms with Crippen LogP contribution in [0.3, 0.4) is 0 Å². The molecule has 0 atom stereocenters. The van der Waals surface area contributed by atoms with Crippen molar-refractivity contribution in [1.82, 2.24) is 4.31 Å². The summed E-state index contributed by atoms with van der Waals surface area (Å²) in [7, 11) is -2.35. The highest BCUT2D eigenvalue weighted by Crippen LogP contribution is 2.28. The van der Waals surface area contributed by atoms with Gasteiger partial charge in [0.05, 0.1) is 27.5 Å². The van der Waals surface area contributed by atoms with Crippen LogP contribution in [0.4, 0.5) is 5.69 Å². The maximum Gasteiger partial charge on any atom is 0.340 e. The molecular formula is C19H19ClN2O7S. The average molecular weight is 455 g/mol. The largest absolute Gasteiger partial charge is 0.496 e. The molecule has 1 fully saturated rings. The first-order chi connectivity index (χ1) is 14.2. The third kappa shape index (κ3) is 4.55. The van der Waals surface area contributed by atoms with E-state index in [1.54, 1.807) is 0 Å². The number of nitro groups is 1. The minimum atomic E-state index is -3.73. The van der Waals surface area contributed by atoms with Gasteiger partial charge in [0.1, 0.15) is 12.4 Å². The van der Waals surface area contributed by atoms with Gasteiger partial charge in [-0.2, -0.15) is 4.31 Å². The van der Waals surface area contributed by atoms with Gasteiger partial charge >= 0.3 is 5.97 Å². The van der Waals surface area contributed by atoms with E-state index in [0.717, 1.165) is 12.8 Å². The summed E-state index contributed by atoms with van der Waals surface area (Å²) in [6.45, 7) is 0.539. The van der Waals surface area contributed by atoms with Gasteiger partial charge in [0, 0.05) is 30.8 Å². The molecule has 30 heavy (non-hydrogen) atoms. The summed E-state index contributed by atoms with van der Waals surface area (Å²) in [6, 6.07) is 7.77. The lowest BCUT2D eigenvalue weighted by atomic mass is 10.2. The Morgan fingerprint density at radius 3 is 2.53 bits per heavy atom. The van der Waals surface area contributed by atoms with Gasteiger partial charge in [0.25, 0.3) is 5.69 Å². The fourth-order valence-electron chi connectivity index (χ4n) is 3.11. The van der Waals surface area contributed by atoms with E-state index >= 15 is 0 Å². The Labute approximate surface area is 178 Å². The first kappa shape index (κ1) is 22.0. The first-order valence-corrected chi connectivity index (χ1v) is 10.8. The molecule has 0 radical (unpaired) electrons. The number of carbonyl (C=O) groups is 1. The predicted molar refractivity (Wildman–Crippen MR) is 108 cm³/mol. The normalized spacial score (nSPS) is 14.5. The van der Waals surface area contributed by atoms with E-state index in [-0.39, 0.29) is 33.3 Å².